The van der Waals surface area contributed by atoms with E-state index in [-0.39, 0.29) is 11.7 Å². The van der Waals surface area contributed by atoms with E-state index in [0.717, 1.165) is 11.3 Å². The standard InChI is InChI=1S/C15H20N2O4S/c1-15(11-22(19,20)17-7-9-21-10-8-17)12-5-3-4-6-13(12)16(2)14(15)18/h3-6H,7-11H2,1-2H3. The number of sulfonamides is 1. The van der Waals surface area contributed by atoms with Gasteiger partial charge in [0.1, 0.15) is 0 Å². The average Bonchev–Trinajstić information content (AvgIpc) is 2.70. The van der Waals surface area contributed by atoms with Gasteiger partial charge in [-0.05, 0) is 18.6 Å². The second-order valence-corrected chi connectivity index (χ2v) is 7.95. The van der Waals surface area contributed by atoms with Crippen molar-refractivity contribution < 1.29 is 17.9 Å². The Kier molecular flexibility index (Phi) is 3.74. The summed E-state index contributed by atoms with van der Waals surface area (Å²) in [4.78, 5) is 14.2. The van der Waals surface area contributed by atoms with E-state index < -0.39 is 15.4 Å². The number of nitrogens with zero attached hydrogens (tertiary/aromatic N) is 2. The predicted molar refractivity (Wildman–Crippen MR) is 83.4 cm³/mol. The molecule has 1 atom stereocenters. The first-order valence-electron chi connectivity index (χ1n) is 7.29. The second kappa shape index (κ2) is 5.33. The van der Waals surface area contributed by atoms with Crippen molar-refractivity contribution in [1.82, 2.24) is 4.31 Å². The lowest BCUT2D eigenvalue weighted by Gasteiger charge is -2.30. The van der Waals surface area contributed by atoms with E-state index in [1.165, 1.54) is 4.31 Å². The molecule has 0 spiro atoms. The minimum atomic E-state index is -3.52. The Hall–Kier alpha value is -1.44. The number of amides is 1. The van der Waals surface area contributed by atoms with E-state index >= 15 is 0 Å². The first-order valence-corrected chi connectivity index (χ1v) is 8.90. The van der Waals surface area contributed by atoms with Crippen molar-refractivity contribution in [3.8, 4) is 0 Å². The van der Waals surface area contributed by atoms with Gasteiger partial charge in [0.05, 0.1) is 24.4 Å². The highest BCUT2D eigenvalue weighted by atomic mass is 32.2. The Morgan fingerprint density at radius 2 is 1.86 bits per heavy atom. The number of benzene rings is 1. The van der Waals surface area contributed by atoms with Gasteiger partial charge in [-0.1, -0.05) is 18.2 Å². The lowest BCUT2D eigenvalue weighted by atomic mass is 9.86. The summed E-state index contributed by atoms with van der Waals surface area (Å²) < 4.78 is 32.0. The summed E-state index contributed by atoms with van der Waals surface area (Å²) in [6.07, 6.45) is 0. The molecule has 6 nitrogen and oxygen atoms in total. The van der Waals surface area contributed by atoms with Crippen LogP contribution in [0.5, 0.6) is 0 Å². The molecular formula is C15H20N2O4S. The largest absolute Gasteiger partial charge is 0.379 e. The number of morpholine rings is 1. The molecule has 3 rings (SSSR count). The van der Waals surface area contributed by atoms with Gasteiger partial charge in [-0.2, -0.15) is 4.31 Å². The summed E-state index contributed by atoms with van der Waals surface area (Å²) in [5.41, 5.74) is 0.522. The molecule has 1 aromatic rings. The molecule has 1 fully saturated rings. The van der Waals surface area contributed by atoms with Gasteiger partial charge >= 0.3 is 0 Å². The Labute approximate surface area is 130 Å². The van der Waals surface area contributed by atoms with Crippen molar-refractivity contribution in [3.05, 3.63) is 29.8 Å². The molecule has 0 N–H and O–H groups in total. The molecule has 0 radical (unpaired) electrons. The first-order chi connectivity index (χ1) is 10.4. The van der Waals surface area contributed by atoms with Crippen LogP contribution in [-0.4, -0.2) is 57.7 Å². The predicted octanol–water partition coefficient (Wildman–Crippen LogP) is 0.583. The highest BCUT2D eigenvalue weighted by Gasteiger charge is 2.49. The molecule has 22 heavy (non-hydrogen) atoms. The van der Waals surface area contributed by atoms with Crippen LogP contribution in [0.4, 0.5) is 5.69 Å². The Balaban J connectivity index is 1.95. The zero-order valence-electron chi connectivity index (χ0n) is 12.8. The van der Waals surface area contributed by atoms with Crippen molar-refractivity contribution >= 4 is 21.6 Å². The van der Waals surface area contributed by atoms with Crippen molar-refractivity contribution in [2.75, 3.05) is 44.0 Å². The highest BCUT2D eigenvalue weighted by Crippen LogP contribution is 2.42. The van der Waals surface area contributed by atoms with Crippen molar-refractivity contribution in [2.45, 2.75) is 12.3 Å². The number of likely N-dealkylation sites (N-methyl/N-ethyl adjacent to an activating group) is 1. The zero-order chi connectivity index (χ0) is 16.0. The number of carbonyl (C=O) groups is 1. The van der Waals surface area contributed by atoms with E-state index in [0.29, 0.717) is 26.3 Å². The minimum Gasteiger partial charge on any atom is -0.379 e. The highest BCUT2D eigenvalue weighted by molar-refractivity contribution is 7.89. The fourth-order valence-corrected chi connectivity index (χ4v) is 5.14. The SMILES string of the molecule is CN1C(=O)C(C)(CS(=O)(=O)N2CCOCC2)c2ccccc21. The van der Waals surface area contributed by atoms with E-state index in [1.54, 1.807) is 18.9 Å². The fourth-order valence-electron chi connectivity index (χ4n) is 3.25. The molecule has 7 heteroatoms. The topological polar surface area (TPSA) is 66.9 Å². The van der Waals surface area contributed by atoms with Crippen LogP contribution in [0.2, 0.25) is 0 Å². The smallest absolute Gasteiger partial charge is 0.238 e. The van der Waals surface area contributed by atoms with Gasteiger partial charge in [0.15, 0.2) is 0 Å². The molecule has 1 saturated heterocycles. The lowest BCUT2D eigenvalue weighted by Crippen LogP contribution is -2.48. The molecule has 0 aromatic heterocycles. The summed E-state index contributed by atoms with van der Waals surface area (Å²) in [5.74, 6) is -0.384. The number of hydrogen-bond donors (Lipinski definition) is 0. The Morgan fingerprint density at radius 3 is 2.55 bits per heavy atom. The van der Waals surface area contributed by atoms with Crippen LogP contribution in [-0.2, 0) is 25.0 Å². The van der Waals surface area contributed by atoms with Crippen LogP contribution in [0.15, 0.2) is 24.3 Å². The molecule has 2 heterocycles. The molecule has 1 unspecified atom stereocenters. The number of carbonyl (C=O) groups excluding carboxylic acids is 1. The molecule has 1 aromatic carbocycles. The average molecular weight is 324 g/mol. The normalized spacial score (nSPS) is 26.3. The quantitative estimate of drug-likeness (QED) is 0.816. The van der Waals surface area contributed by atoms with Crippen LogP contribution in [0.25, 0.3) is 0 Å². The third-order valence-electron chi connectivity index (χ3n) is 4.47. The summed E-state index contributed by atoms with van der Waals surface area (Å²) in [6, 6.07) is 7.38. The van der Waals surface area contributed by atoms with Gasteiger partial charge in [0, 0.05) is 25.8 Å². The molecule has 2 aliphatic heterocycles. The van der Waals surface area contributed by atoms with E-state index in [4.69, 9.17) is 4.74 Å². The van der Waals surface area contributed by atoms with Gasteiger partial charge in [0.2, 0.25) is 15.9 Å². The summed E-state index contributed by atoms with van der Waals surface area (Å²) >= 11 is 0. The maximum atomic E-state index is 12.7. The van der Waals surface area contributed by atoms with Crippen LogP contribution < -0.4 is 4.90 Å². The monoisotopic (exact) mass is 324 g/mol. The van der Waals surface area contributed by atoms with Crippen molar-refractivity contribution in [3.63, 3.8) is 0 Å². The van der Waals surface area contributed by atoms with Crippen LogP contribution in [0.3, 0.4) is 0 Å². The maximum Gasteiger partial charge on any atom is 0.238 e. The third kappa shape index (κ3) is 2.33. The molecule has 1 amide bonds. The molecule has 0 bridgehead atoms. The van der Waals surface area contributed by atoms with E-state index in [9.17, 15) is 13.2 Å². The lowest BCUT2D eigenvalue weighted by molar-refractivity contribution is -0.121. The maximum absolute atomic E-state index is 12.7. The number of fused-ring (bicyclic) bond motifs is 1. The van der Waals surface area contributed by atoms with Crippen molar-refractivity contribution in [2.24, 2.45) is 0 Å². The zero-order valence-corrected chi connectivity index (χ0v) is 13.6. The molecule has 0 aliphatic carbocycles. The minimum absolute atomic E-state index is 0.175. The van der Waals surface area contributed by atoms with Gasteiger partial charge in [-0.15, -0.1) is 0 Å². The number of para-hydroxylation sites is 1. The number of hydrogen-bond acceptors (Lipinski definition) is 4. The van der Waals surface area contributed by atoms with Crippen LogP contribution in [0.1, 0.15) is 12.5 Å². The number of rotatable bonds is 3. The Bertz CT molecular complexity index is 697. The van der Waals surface area contributed by atoms with Gasteiger partial charge in [0.25, 0.3) is 0 Å². The number of ether oxygens (including phenoxy) is 1. The molecule has 2 aliphatic rings. The van der Waals surface area contributed by atoms with Gasteiger partial charge in [-0.3, -0.25) is 4.79 Å². The van der Waals surface area contributed by atoms with E-state index in [1.807, 2.05) is 24.3 Å². The number of anilines is 1. The summed E-state index contributed by atoms with van der Waals surface area (Å²) in [6.45, 7) is 3.23. The first kappa shape index (κ1) is 15.5. The summed E-state index contributed by atoms with van der Waals surface area (Å²) in [7, 11) is -1.83. The third-order valence-corrected chi connectivity index (χ3v) is 6.57. The fraction of sp³-hybridized carbons (Fsp3) is 0.533. The molecule has 120 valence electrons. The second-order valence-electron chi connectivity index (χ2n) is 5.98. The van der Waals surface area contributed by atoms with Crippen LogP contribution in [0, 0.1) is 0 Å². The Morgan fingerprint density at radius 1 is 1.23 bits per heavy atom. The molecule has 0 saturated carbocycles. The van der Waals surface area contributed by atoms with Crippen molar-refractivity contribution in [1.29, 1.82) is 0 Å². The van der Waals surface area contributed by atoms with Gasteiger partial charge < -0.3 is 9.64 Å². The summed E-state index contributed by atoms with van der Waals surface area (Å²) in [5, 5.41) is 0. The molecular weight excluding hydrogens is 304 g/mol. The van der Waals surface area contributed by atoms with E-state index in [2.05, 4.69) is 0 Å². The van der Waals surface area contributed by atoms with Gasteiger partial charge in [-0.25, -0.2) is 8.42 Å². The van der Waals surface area contributed by atoms with Crippen LogP contribution >= 0.6 is 0 Å².